The molecule has 2 aliphatic carbocycles. The maximum atomic E-state index is 12.8. The van der Waals surface area contributed by atoms with Gasteiger partial charge in [-0.3, -0.25) is 14.6 Å². The first kappa shape index (κ1) is 19.1. The van der Waals surface area contributed by atoms with Crippen LogP contribution in [0.15, 0.2) is 29.4 Å². The lowest BCUT2D eigenvalue weighted by Crippen LogP contribution is -2.46. The minimum atomic E-state index is -0.514. The third-order valence-corrected chi connectivity index (χ3v) is 8.76. The SMILES string of the molecule is CC1(C2CCN(C(=O)c3ccccn3)CC2)SC(N[C@H]2C[C@@H]3CC[C@H]2C3)=NC1=O. The number of fused-ring (bicyclic) bond motifs is 2. The van der Waals surface area contributed by atoms with Crippen LogP contribution in [0.5, 0.6) is 0 Å². The number of thioether (sulfide) groups is 1. The highest BCUT2D eigenvalue weighted by molar-refractivity contribution is 8.16. The molecule has 2 saturated carbocycles. The Labute approximate surface area is 175 Å². The van der Waals surface area contributed by atoms with E-state index in [1.165, 1.54) is 25.7 Å². The van der Waals surface area contributed by atoms with Gasteiger partial charge in [0, 0.05) is 25.3 Å². The van der Waals surface area contributed by atoms with Crippen LogP contribution in [0.3, 0.4) is 0 Å². The van der Waals surface area contributed by atoms with Gasteiger partial charge in [-0.2, -0.15) is 4.99 Å². The number of rotatable bonds is 3. The number of hydrogen-bond acceptors (Lipinski definition) is 5. The maximum absolute atomic E-state index is 12.8. The molecule has 29 heavy (non-hydrogen) atoms. The second-order valence-electron chi connectivity index (χ2n) is 9.14. The summed E-state index contributed by atoms with van der Waals surface area (Å²) in [6.45, 7) is 3.37. The molecule has 6 nitrogen and oxygen atoms in total. The molecular formula is C22H28N4O2S. The van der Waals surface area contributed by atoms with Crippen LogP contribution in [-0.4, -0.2) is 50.7 Å². The van der Waals surface area contributed by atoms with Gasteiger partial charge in [-0.25, -0.2) is 0 Å². The molecule has 154 valence electrons. The van der Waals surface area contributed by atoms with Crippen molar-refractivity contribution in [2.45, 2.75) is 56.2 Å². The average Bonchev–Trinajstić information content (AvgIpc) is 3.44. The highest BCUT2D eigenvalue weighted by Gasteiger charge is 2.49. The quantitative estimate of drug-likeness (QED) is 0.826. The summed E-state index contributed by atoms with van der Waals surface area (Å²) < 4.78 is -0.514. The smallest absolute Gasteiger partial charge is 0.272 e. The number of amides is 2. The van der Waals surface area contributed by atoms with Crippen LogP contribution in [-0.2, 0) is 4.79 Å². The number of nitrogens with one attached hydrogen (secondary N) is 1. The molecule has 7 heteroatoms. The first-order valence-corrected chi connectivity index (χ1v) is 11.6. The van der Waals surface area contributed by atoms with E-state index in [0.717, 1.165) is 29.8 Å². The molecule has 5 rings (SSSR count). The van der Waals surface area contributed by atoms with Crippen LogP contribution < -0.4 is 5.32 Å². The summed E-state index contributed by atoms with van der Waals surface area (Å²) in [5.74, 6) is 1.83. The molecule has 4 aliphatic rings. The lowest BCUT2D eigenvalue weighted by Gasteiger charge is -2.38. The van der Waals surface area contributed by atoms with Gasteiger partial charge in [0.05, 0.1) is 0 Å². The van der Waals surface area contributed by atoms with E-state index in [0.29, 0.717) is 24.8 Å². The van der Waals surface area contributed by atoms with Crippen LogP contribution in [0.4, 0.5) is 0 Å². The number of aromatic nitrogens is 1. The van der Waals surface area contributed by atoms with Crippen molar-refractivity contribution in [3.05, 3.63) is 30.1 Å². The molecule has 1 aromatic heterocycles. The number of nitrogens with zero attached hydrogens (tertiary/aromatic N) is 3. The normalized spacial score (nSPS) is 34.5. The lowest BCUT2D eigenvalue weighted by atomic mass is 9.84. The van der Waals surface area contributed by atoms with Crippen molar-refractivity contribution in [2.24, 2.45) is 22.7 Å². The predicted octanol–water partition coefficient (Wildman–Crippen LogP) is 3.10. The van der Waals surface area contributed by atoms with Gasteiger partial charge in [-0.15, -0.1) is 0 Å². The third kappa shape index (κ3) is 3.47. The second kappa shape index (κ2) is 7.42. The molecule has 1 unspecified atom stereocenters. The Morgan fingerprint density at radius 1 is 1.21 bits per heavy atom. The molecule has 2 bridgehead atoms. The second-order valence-corrected chi connectivity index (χ2v) is 10.6. The fraction of sp³-hybridized carbons (Fsp3) is 0.636. The zero-order valence-electron chi connectivity index (χ0n) is 16.8. The minimum absolute atomic E-state index is 0.0114. The lowest BCUT2D eigenvalue weighted by molar-refractivity contribution is -0.121. The fourth-order valence-electron chi connectivity index (χ4n) is 5.66. The van der Waals surface area contributed by atoms with Gasteiger partial charge in [0.1, 0.15) is 10.4 Å². The van der Waals surface area contributed by atoms with Crippen LogP contribution in [0.2, 0.25) is 0 Å². The van der Waals surface area contributed by atoms with E-state index in [1.807, 2.05) is 24.0 Å². The van der Waals surface area contributed by atoms with Crippen molar-refractivity contribution in [3.63, 3.8) is 0 Å². The third-order valence-electron chi connectivity index (χ3n) is 7.43. The number of piperidine rings is 1. The Bertz CT molecular complexity index is 836. The Hall–Kier alpha value is -1.89. The van der Waals surface area contributed by atoms with E-state index in [1.54, 1.807) is 24.0 Å². The van der Waals surface area contributed by atoms with Crippen molar-refractivity contribution in [2.75, 3.05) is 13.1 Å². The monoisotopic (exact) mass is 412 g/mol. The van der Waals surface area contributed by atoms with Crippen molar-refractivity contribution in [1.82, 2.24) is 15.2 Å². The first-order chi connectivity index (χ1) is 14.0. The molecule has 0 radical (unpaired) electrons. The van der Waals surface area contributed by atoms with E-state index in [9.17, 15) is 9.59 Å². The number of hydrogen-bond donors (Lipinski definition) is 1. The summed E-state index contributed by atoms with van der Waals surface area (Å²) >= 11 is 1.62. The number of amidine groups is 1. The van der Waals surface area contributed by atoms with E-state index in [2.05, 4.69) is 15.3 Å². The van der Waals surface area contributed by atoms with Gasteiger partial charge in [-0.05, 0) is 68.9 Å². The number of likely N-dealkylation sites (tertiary alicyclic amines) is 1. The summed E-state index contributed by atoms with van der Waals surface area (Å²) in [7, 11) is 0. The summed E-state index contributed by atoms with van der Waals surface area (Å²) in [5, 5.41) is 4.42. The van der Waals surface area contributed by atoms with Crippen LogP contribution in [0.1, 0.15) is 55.9 Å². The van der Waals surface area contributed by atoms with Crippen molar-refractivity contribution >= 4 is 28.7 Å². The molecule has 0 aromatic carbocycles. The van der Waals surface area contributed by atoms with Gasteiger partial charge in [0.2, 0.25) is 0 Å². The number of carbonyl (C=O) groups is 2. The topological polar surface area (TPSA) is 74.7 Å². The van der Waals surface area contributed by atoms with Crippen LogP contribution in [0.25, 0.3) is 0 Å². The van der Waals surface area contributed by atoms with E-state index in [4.69, 9.17) is 0 Å². The standard InChI is InChI=1S/C22H28N4O2S/c1-22(16-7-10-26(11-8-16)19(27)17-4-2-3-9-23-17)20(28)25-21(29-22)24-18-13-14-5-6-15(18)12-14/h2-4,9,14-16,18H,5-8,10-13H2,1H3,(H,24,25,28)/t14-,15+,18+,22?/m1/s1. The molecule has 2 aliphatic heterocycles. The molecule has 1 saturated heterocycles. The molecule has 2 amide bonds. The van der Waals surface area contributed by atoms with Crippen LogP contribution in [0, 0.1) is 17.8 Å². The molecule has 1 N–H and O–H groups in total. The first-order valence-electron chi connectivity index (χ1n) is 10.8. The minimum Gasteiger partial charge on any atom is -0.361 e. The maximum Gasteiger partial charge on any atom is 0.272 e. The van der Waals surface area contributed by atoms with Crippen molar-refractivity contribution in [1.29, 1.82) is 0 Å². The van der Waals surface area contributed by atoms with Gasteiger partial charge in [0.15, 0.2) is 5.17 Å². The fourth-order valence-corrected chi connectivity index (χ4v) is 6.93. The molecule has 1 aromatic rings. The van der Waals surface area contributed by atoms with Crippen molar-refractivity contribution < 1.29 is 9.59 Å². The van der Waals surface area contributed by atoms with E-state index >= 15 is 0 Å². The van der Waals surface area contributed by atoms with Crippen molar-refractivity contribution in [3.8, 4) is 0 Å². The largest absolute Gasteiger partial charge is 0.361 e. The molecule has 4 atom stereocenters. The average molecular weight is 413 g/mol. The number of carbonyl (C=O) groups excluding carboxylic acids is 2. The molecule has 0 spiro atoms. The Morgan fingerprint density at radius 2 is 2.03 bits per heavy atom. The highest BCUT2D eigenvalue weighted by atomic mass is 32.2. The summed E-state index contributed by atoms with van der Waals surface area (Å²) in [6, 6.07) is 5.90. The Balaban J connectivity index is 1.18. The predicted molar refractivity (Wildman–Crippen MR) is 114 cm³/mol. The highest BCUT2D eigenvalue weighted by Crippen LogP contribution is 2.47. The molecular weight excluding hydrogens is 384 g/mol. The van der Waals surface area contributed by atoms with E-state index in [-0.39, 0.29) is 17.7 Å². The number of pyridine rings is 1. The van der Waals surface area contributed by atoms with Gasteiger partial charge in [0.25, 0.3) is 11.8 Å². The van der Waals surface area contributed by atoms with E-state index < -0.39 is 4.75 Å². The Kier molecular flexibility index (Phi) is 4.88. The summed E-state index contributed by atoms with van der Waals surface area (Å²) in [6.07, 6.45) is 8.54. The summed E-state index contributed by atoms with van der Waals surface area (Å²) in [4.78, 5) is 35.9. The molecule has 3 heterocycles. The zero-order valence-corrected chi connectivity index (χ0v) is 17.7. The van der Waals surface area contributed by atoms with Gasteiger partial charge >= 0.3 is 0 Å². The number of aliphatic imine (C=N–C) groups is 1. The Morgan fingerprint density at radius 3 is 2.69 bits per heavy atom. The molecule has 3 fully saturated rings. The zero-order chi connectivity index (χ0) is 20.0. The van der Waals surface area contributed by atoms with Gasteiger partial charge in [-0.1, -0.05) is 24.2 Å². The van der Waals surface area contributed by atoms with Crippen LogP contribution >= 0.6 is 11.8 Å². The summed E-state index contributed by atoms with van der Waals surface area (Å²) in [5.41, 5.74) is 0.490. The van der Waals surface area contributed by atoms with Gasteiger partial charge < -0.3 is 10.2 Å².